The molecule has 1 aliphatic rings. The molecular formula is C17H20N2O2. The second-order valence-corrected chi connectivity index (χ2v) is 5.52. The van der Waals surface area contributed by atoms with E-state index in [1.165, 1.54) is 0 Å². The number of aromatic nitrogens is 1. The molecule has 0 spiro atoms. The third kappa shape index (κ3) is 2.99. The van der Waals surface area contributed by atoms with Gasteiger partial charge in [-0.3, -0.25) is 4.79 Å². The summed E-state index contributed by atoms with van der Waals surface area (Å²) in [5.74, 6) is 0.874. The summed E-state index contributed by atoms with van der Waals surface area (Å²) < 4.78 is 5.35. The van der Waals surface area contributed by atoms with Gasteiger partial charge in [0.15, 0.2) is 5.76 Å². The van der Waals surface area contributed by atoms with Gasteiger partial charge in [-0.25, -0.2) is 0 Å². The van der Waals surface area contributed by atoms with Gasteiger partial charge in [-0.1, -0.05) is 42.4 Å². The Morgan fingerprint density at radius 2 is 2.19 bits per heavy atom. The molecule has 0 N–H and O–H groups in total. The van der Waals surface area contributed by atoms with Crippen LogP contribution >= 0.6 is 0 Å². The highest BCUT2D eigenvalue weighted by atomic mass is 16.5. The number of hydrogen-bond acceptors (Lipinski definition) is 3. The molecule has 1 aromatic heterocycles. The van der Waals surface area contributed by atoms with E-state index in [0.717, 1.165) is 31.4 Å². The van der Waals surface area contributed by atoms with Crippen LogP contribution in [0.3, 0.4) is 0 Å². The molecule has 0 bridgehead atoms. The van der Waals surface area contributed by atoms with Crippen molar-refractivity contribution in [2.24, 2.45) is 0 Å². The van der Waals surface area contributed by atoms with Gasteiger partial charge in [0.25, 0.3) is 0 Å². The summed E-state index contributed by atoms with van der Waals surface area (Å²) in [7, 11) is 0. The highest BCUT2D eigenvalue weighted by molar-refractivity contribution is 5.79. The molecule has 1 unspecified atom stereocenters. The van der Waals surface area contributed by atoms with Gasteiger partial charge in [0.2, 0.25) is 5.91 Å². The van der Waals surface area contributed by atoms with E-state index in [1.54, 1.807) is 0 Å². The summed E-state index contributed by atoms with van der Waals surface area (Å²) in [5, 5.41) is 4.03. The molecule has 21 heavy (non-hydrogen) atoms. The first-order valence-corrected chi connectivity index (χ1v) is 7.58. The molecule has 2 heterocycles. The Labute approximate surface area is 124 Å². The maximum atomic E-state index is 12.4. The SMILES string of the molecule is CCC1CCCN1C(=O)Cc1cc(-c2ccccc2)on1. The first-order valence-electron chi connectivity index (χ1n) is 7.58. The summed E-state index contributed by atoms with van der Waals surface area (Å²) in [4.78, 5) is 14.4. The third-order valence-electron chi connectivity index (χ3n) is 4.12. The van der Waals surface area contributed by atoms with Crippen LogP contribution in [0.4, 0.5) is 0 Å². The topological polar surface area (TPSA) is 46.3 Å². The molecule has 1 aromatic carbocycles. The minimum absolute atomic E-state index is 0.160. The summed E-state index contributed by atoms with van der Waals surface area (Å²) in [5.41, 5.74) is 1.69. The Balaban J connectivity index is 1.69. The monoisotopic (exact) mass is 284 g/mol. The molecule has 110 valence electrons. The van der Waals surface area contributed by atoms with E-state index in [4.69, 9.17) is 4.52 Å². The highest BCUT2D eigenvalue weighted by Gasteiger charge is 2.27. The lowest BCUT2D eigenvalue weighted by molar-refractivity contribution is -0.131. The molecular weight excluding hydrogens is 264 g/mol. The molecule has 2 aromatic rings. The predicted octanol–water partition coefficient (Wildman–Crippen LogP) is 3.29. The van der Waals surface area contributed by atoms with Gasteiger partial charge in [-0.2, -0.15) is 0 Å². The van der Waals surface area contributed by atoms with Crippen LogP contribution in [0, 0.1) is 0 Å². The normalized spacial score (nSPS) is 18.1. The second kappa shape index (κ2) is 6.12. The first kappa shape index (κ1) is 13.9. The number of carbonyl (C=O) groups excluding carboxylic acids is 1. The molecule has 1 amide bonds. The van der Waals surface area contributed by atoms with Crippen molar-refractivity contribution in [2.45, 2.75) is 38.6 Å². The Hall–Kier alpha value is -2.10. The smallest absolute Gasteiger partial charge is 0.228 e. The van der Waals surface area contributed by atoms with E-state index in [2.05, 4.69) is 12.1 Å². The number of benzene rings is 1. The lowest BCUT2D eigenvalue weighted by atomic mass is 10.1. The summed E-state index contributed by atoms with van der Waals surface area (Å²) in [6.07, 6.45) is 3.58. The van der Waals surface area contributed by atoms with Crippen molar-refractivity contribution < 1.29 is 9.32 Å². The van der Waals surface area contributed by atoms with Crippen LogP contribution in [0.5, 0.6) is 0 Å². The Morgan fingerprint density at radius 1 is 1.38 bits per heavy atom. The lowest BCUT2D eigenvalue weighted by Crippen LogP contribution is -2.36. The first-order chi connectivity index (χ1) is 10.3. The summed E-state index contributed by atoms with van der Waals surface area (Å²) >= 11 is 0. The highest BCUT2D eigenvalue weighted by Crippen LogP contribution is 2.23. The summed E-state index contributed by atoms with van der Waals surface area (Å²) in [6.45, 7) is 3.01. The molecule has 1 fully saturated rings. The van der Waals surface area contributed by atoms with Crippen LogP contribution < -0.4 is 0 Å². The number of carbonyl (C=O) groups is 1. The van der Waals surface area contributed by atoms with Crippen LogP contribution in [0.25, 0.3) is 11.3 Å². The molecule has 1 atom stereocenters. The van der Waals surface area contributed by atoms with Gasteiger partial charge in [-0.15, -0.1) is 0 Å². The zero-order valence-electron chi connectivity index (χ0n) is 12.3. The van der Waals surface area contributed by atoms with E-state index < -0.39 is 0 Å². The second-order valence-electron chi connectivity index (χ2n) is 5.52. The van der Waals surface area contributed by atoms with Gasteiger partial charge in [0.05, 0.1) is 12.1 Å². The molecule has 1 saturated heterocycles. The van der Waals surface area contributed by atoms with Crippen molar-refractivity contribution in [3.63, 3.8) is 0 Å². The Morgan fingerprint density at radius 3 is 2.95 bits per heavy atom. The number of likely N-dealkylation sites (tertiary alicyclic amines) is 1. The van der Waals surface area contributed by atoms with Crippen LogP contribution in [0.15, 0.2) is 40.9 Å². The van der Waals surface area contributed by atoms with Crippen LogP contribution in [0.2, 0.25) is 0 Å². The van der Waals surface area contributed by atoms with Crippen molar-refractivity contribution in [3.05, 3.63) is 42.1 Å². The maximum Gasteiger partial charge on any atom is 0.228 e. The number of hydrogen-bond donors (Lipinski definition) is 0. The molecule has 3 rings (SSSR count). The molecule has 4 heteroatoms. The van der Waals surface area contributed by atoms with Crippen LogP contribution in [0.1, 0.15) is 31.9 Å². The van der Waals surface area contributed by atoms with Gasteiger partial charge in [0.1, 0.15) is 0 Å². The van der Waals surface area contributed by atoms with Gasteiger partial charge < -0.3 is 9.42 Å². The maximum absolute atomic E-state index is 12.4. The number of amides is 1. The molecule has 0 radical (unpaired) electrons. The zero-order valence-corrected chi connectivity index (χ0v) is 12.3. The van der Waals surface area contributed by atoms with Gasteiger partial charge >= 0.3 is 0 Å². The summed E-state index contributed by atoms with van der Waals surface area (Å²) in [6, 6.07) is 12.1. The fourth-order valence-corrected chi connectivity index (χ4v) is 2.98. The average molecular weight is 284 g/mol. The van der Waals surface area contributed by atoms with Crippen molar-refractivity contribution in [1.29, 1.82) is 0 Å². The lowest BCUT2D eigenvalue weighted by Gasteiger charge is -2.23. The number of nitrogens with zero attached hydrogens (tertiary/aromatic N) is 2. The van der Waals surface area contributed by atoms with E-state index in [-0.39, 0.29) is 5.91 Å². The predicted molar refractivity (Wildman–Crippen MR) is 80.7 cm³/mol. The zero-order chi connectivity index (χ0) is 14.7. The van der Waals surface area contributed by atoms with Crippen molar-refractivity contribution in [2.75, 3.05) is 6.54 Å². The fourth-order valence-electron chi connectivity index (χ4n) is 2.98. The Kier molecular flexibility index (Phi) is 4.04. The third-order valence-corrected chi connectivity index (χ3v) is 4.12. The fraction of sp³-hybridized carbons (Fsp3) is 0.412. The minimum Gasteiger partial charge on any atom is -0.356 e. The molecule has 0 aliphatic carbocycles. The molecule has 4 nitrogen and oxygen atoms in total. The quantitative estimate of drug-likeness (QED) is 0.865. The number of rotatable bonds is 4. The molecule has 0 saturated carbocycles. The van der Waals surface area contributed by atoms with E-state index in [1.807, 2.05) is 41.3 Å². The van der Waals surface area contributed by atoms with Crippen LogP contribution in [-0.2, 0) is 11.2 Å². The van der Waals surface area contributed by atoms with Gasteiger partial charge in [0, 0.05) is 24.2 Å². The Bertz CT molecular complexity index is 606. The molecule has 1 aliphatic heterocycles. The average Bonchev–Trinajstić information content (AvgIpc) is 3.16. The standard InChI is InChI=1S/C17H20N2O2/c1-2-15-9-6-10-19(15)17(20)12-14-11-16(21-18-14)13-7-4-3-5-8-13/h3-5,7-8,11,15H,2,6,9-10,12H2,1H3. The minimum atomic E-state index is 0.160. The van der Waals surface area contributed by atoms with Crippen molar-refractivity contribution >= 4 is 5.91 Å². The van der Waals surface area contributed by atoms with Crippen molar-refractivity contribution in [1.82, 2.24) is 10.1 Å². The van der Waals surface area contributed by atoms with Crippen molar-refractivity contribution in [3.8, 4) is 11.3 Å². The van der Waals surface area contributed by atoms with Crippen LogP contribution in [-0.4, -0.2) is 28.6 Å². The van der Waals surface area contributed by atoms with Gasteiger partial charge in [-0.05, 0) is 19.3 Å². The van der Waals surface area contributed by atoms with E-state index in [0.29, 0.717) is 23.9 Å². The van der Waals surface area contributed by atoms with E-state index >= 15 is 0 Å². The largest absolute Gasteiger partial charge is 0.356 e. The van der Waals surface area contributed by atoms with E-state index in [9.17, 15) is 4.79 Å².